The summed E-state index contributed by atoms with van der Waals surface area (Å²) in [6, 6.07) is 0. The Balaban J connectivity index is 3.13. The zero-order valence-corrected chi connectivity index (χ0v) is 7.25. The van der Waals surface area contributed by atoms with Crippen LogP contribution in [-0.2, 0) is 11.0 Å². The third-order valence-corrected chi connectivity index (χ3v) is 2.31. The number of hydrogen-bond acceptors (Lipinski definition) is 1. The Kier molecular flexibility index (Phi) is 6.86. The molecule has 0 radical (unpaired) electrons. The van der Waals surface area contributed by atoms with Crippen LogP contribution >= 0.6 is 0 Å². The molecule has 0 aliphatic rings. The summed E-state index contributed by atoms with van der Waals surface area (Å²) >= 11 is 0. The summed E-state index contributed by atoms with van der Waals surface area (Å²) in [7, 11) is -0.819. The van der Waals surface area contributed by atoms with E-state index in [4.69, 9.17) is 0 Å². The van der Waals surface area contributed by atoms with E-state index in [1.54, 1.807) is 0 Å². The molecule has 0 spiro atoms. The minimum atomic E-state index is -0.819. The van der Waals surface area contributed by atoms with Gasteiger partial charge in [-0.25, -0.2) is 8.93 Å². The first kappa shape index (κ1) is 9.85. The van der Waals surface area contributed by atoms with E-state index in [1.807, 2.05) is 13.0 Å². The topological polar surface area (TPSA) is 29.1 Å². The lowest BCUT2D eigenvalue weighted by atomic mass is 10.4. The van der Waals surface area contributed by atoms with Gasteiger partial charge in [-0.15, -0.1) is 6.58 Å². The van der Waals surface area contributed by atoms with Crippen molar-refractivity contribution in [2.24, 2.45) is 0 Å². The molecule has 10 heavy (non-hydrogen) atoms. The molecule has 0 aliphatic carbocycles. The molecule has 0 rings (SSSR count). The van der Waals surface area contributed by atoms with E-state index < -0.39 is 11.0 Å². The number of rotatable bonds is 6. The molecule has 1 N–H and O–H groups in total. The third kappa shape index (κ3) is 5.98. The predicted molar refractivity (Wildman–Crippen MR) is 46.1 cm³/mol. The fourth-order valence-electron chi connectivity index (χ4n) is 0.532. The highest BCUT2D eigenvalue weighted by molar-refractivity contribution is 7.82. The van der Waals surface area contributed by atoms with E-state index in [9.17, 15) is 4.21 Å². The quantitative estimate of drug-likeness (QED) is 0.460. The minimum Gasteiger partial charge on any atom is -0.243 e. The SMILES string of the molecule is C=CCCNS(=O)CCC. The Labute approximate surface area is 65.3 Å². The summed E-state index contributed by atoms with van der Waals surface area (Å²) in [5.74, 6) is 0.747. The summed E-state index contributed by atoms with van der Waals surface area (Å²) in [6.07, 6.45) is 3.67. The number of nitrogens with one attached hydrogen (secondary N) is 1. The van der Waals surface area contributed by atoms with Gasteiger partial charge in [-0.1, -0.05) is 13.0 Å². The summed E-state index contributed by atoms with van der Waals surface area (Å²) in [5.41, 5.74) is 0. The lowest BCUT2D eigenvalue weighted by Gasteiger charge is -1.99. The van der Waals surface area contributed by atoms with Gasteiger partial charge in [0.2, 0.25) is 0 Å². The van der Waals surface area contributed by atoms with Crippen LogP contribution in [0.1, 0.15) is 19.8 Å². The minimum absolute atomic E-state index is 0.747. The second-order valence-electron chi connectivity index (χ2n) is 2.02. The lowest BCUT2D eigenvalue weighted by molar-refractivity contribution is 0.671. The lowest BCUT2D eigenvalue weighted by Crippen LogP contribution is -2.20. The molecule has 1 unspecified atom stereocenters. The van der Waals surface area contributed by atoms with E-state index in [0.29, 0.717) is 0 Å². The average Bonchev–Trinajstić information content (AvgIpc) is 1.89. The Hall–Kier alpha value is -0.150. The summed E-state index contributed by atoms with van der Waals surface area (Å²) < 4.78 is 13.8. The molecular formula is C7H15NOS. The molecule has 0 saturated carbocycles. The van der Waals surface area contributed by atoms with Crippen LogP contribution in [0.3, 0.4) is 0 Å². The maximum absolute atomic E-state index is 10.9. The van der Waals surface area contributed by atoms with Gasteiger partial charge in [0.25, 0.3) is 0 Å². The fraction of sp³-hybridized carbons (Fsp3) is 0.714. The van der Waals surface area contributed by atoms with Crippen molar-refractivity contribution < 1.29 is 4.21 Å². The van der Waals surface area contributed by atoms with E-state index >= 15 is 0 Å². The Morgan fingerprint density at radius 2 is 2.40 bits per heavy atom. The highest BCUT2D eigenvalue weighted by atomic mass is 32.2. The monoisotopic (exact) mass is 161 g/mol. The molecule has 0 aliphatic heterocycles. The Morgan fingerprint density at radius 1 is 1.70 bits per heavy atom. The zero-order valence-electron chi connectivity index (χ0n) is 6.43. The molecule has 0 aromatic heterocycles. The van der Waals surface area contributed by atoms with E-state index in [-0.39, 0.29) is 0 Å². The second-order valence-corrected chi connectivity index (χ2v) is 3.41. The van der Waals surface area contributed by atoms with Crippen LogP contribution in [0.5, 0.6) is 0 Å². The van der Waals surface area contributed by atoms with Gasteiger partial charge < -0.3 is 0 Å². The van der Waals surface area contributed by atoms with Gasteiger partial charge in [-0.05, 0) is 12.8 Å². The molecule has 3 heteroatoms. The van der Waals surface area contributed by atoms with Crippen LogP contribution < -0.4 is 4.72 Å². The van der Waals surface area contributed by atoms with Crippen molar-refractivity contribution in [2.45, 2.75) is 19.8 Å². The van der Waals surface area contributed by atoms with Crippen molar-refractivity contribution in [3.8, 4) is 0 Å². The van der Waals surface area contributed by atoms with E-state index in [0.717, 1.165) is 25.1 Å². The van der Waals surface area contributed by atoms with Crippen LogP contribution in [-0.4, -0.2) is 16.5 Å². The van der Waals surface area contributed by atoms with Gasteiger partial charge in [0.15, 0.2) is 0 Å². The van der Waals surface area contributed by atoms with Crippen LogP contribution in [0.2, 0.25) is 0 Å². The Bertz CT molecular complexity index is 114. The van der Waals surface area contributed by atoms with Gasteiger partial charge in [0.1, 0.15) is 0 Å². The first-order valence-corrected chi connectivity index (χ1v) is 4.86. The van der Waals surface area contributed by atoms with Crippen molar-refractivity contribution in [1.29, 1.82) is 0 Å². The van der Waals surface area contributed by atoms with Gasteiger partial charge in [-0.2, -0.15) is 0 Å². The first-order valence-electron chi connectivity index (χ1n) is 3.54. The van der Waals surface area contributed by atoms with Crippen molar-refractivity contribution in [3.05, 3.63) is 12.7 Å². The average molecular weight is 161 g/mol. The molecule has 2 nitrogen and oxygen atoms in total. The van der Waals surface area contributed by atoms with Crippen molar-refractivity contribution in [2.75, 3.05) is 12.3 Å². The van der Waals surface area contributed by atoms with Crippen LogP contribution in [0.15, 0.2) is 12.7 Å². The second kappa shape index (κ2) is 6.96. The van der Waals surface area contributed by atoms with Crippen molar-refractivity contribution >= 4 is 11.0 Å². The van der Waals surface area contributed by atoms with Gasteiger partial charge in [0, 0.05) is 12.3 Å². The predicted octanol–water partition coefficient (Wildman–Crippen LogP) is 1.23. The molecule has 0 saturated heterocycles. The third-order valence-electron chi connectivity index (χ3n) is 1.00. The molecule has 1 atom stereocenters. The zero-order chi connectivity index (χ0) is 7.82. The Morgan fingerprint density at radius 3 is 2.90 bits per heavy atom. The molecule has 0 fully saturated rings. The van der Waals surface area contributed by atoms with Crippen LogP contribution in [0, 0.1) is 0 Å². The summed E-state index contributed by atoms with van der Waals surface area (Å²) in [6.45, 7) is 6.36. The smallest absolute Gasteiger partial charge is 0.0915 e. The highest BCUT2D eigenvalue weighted by Gasteiger charge is 1.93. The van der Waals surface area contributed by atoms with Crippen LogP contribution in [0.25, 0.3) is 0 Å². The molecule has 0 amide bonds. The van der Waals surface area contributed by atoms with Gasteiger partial charge in [-0.3, -0.25) is 0 Å². The van der Waals surface area contributed by atoms with E-state index in [1.165, 1.54) is 0 Å². The largest absolute Gasteiger partial charge is 0.243 e. The molecule has 60 valence electrons. The van der Waals surface area contributed by atoms with E-state index in [2.05, 4.69) is 11.3 Å². The maximum Gasteiger partial charge on any atom is 0.0915 e. The van der Waals surface area contributed by atoms with Crippen molar-refractivity contribution in [1.82, 2.24) is 4.72 Å². The highest BCUT2D eigenvalue weighted by Crippen LogP contribution is 1.82. The van der Waals surface area contributed by atoms with Crippen molar-refractivity contribution in [3.63, 3.8) is 0 Å². The first-order chi connectivity index (χ1) is 4.81. The molecule has 0 heterocycles. The maximum atomic E-state index is 10.9. The molecule has 0 aromatic carbocycles. The molecule has 0 aromatic rings. The molecular weight excluding hydrogens is 146 g/mol. The molecule has 0 bridgehead atoms. The summed E-state index contributed by atoms with van der Waals surface area (Å²) in [5, 5.41) is 0. The number of hydrogen-bond donors (Lipinski definition) is 1. The normalized spacial score (nSPS) is 12.9. The standard InChI is InChI=1S/C7H15NOS/c1-3-5-6-8-10(9)7-4-2/h3,8H,1,4-7H2,2H3. The van der Waals surface area contributed by atoms with Gasteiger partial charge in [0.05, 0.1) is 11.0 Å². The van der Waals surface area contributed by atoms with Crippen LogP contribution in [0.4, 0.5) is 0 Å². The fourth-order valence-corrected chi connectivity index (χ4v) is 1.39. The summed E-state index contributed by atoms with van der Waals surface area (Å²) in [4.78, 5) is 0. The van der Waals surface area contributed by atoms with Gasteiger partial charge >= 0.3 is 0 Å².